The highest BCUT2D eigenvalue weighted by molar-refractivity contribution is 5.86. The zero-order valence-corrected chi connectivity index (χ0v) is 70.9. The summed E-state index contributed by atoms with van der Waals surface area (Å²) in [5.74, 6) is -0.614. The summed E-state index contributed by atoms with van der Waals surface area (Å²) in [6.07, 6.45) is 34.0. The molecule has 20 heteroatoms. The van der Waals surface area contributed by atoms with E-state index in [1.165, 1.54) is 70.8 Å². The summed E-state index contributed by atoms with van der Waals surface area (Å²) in [6.45, 7) is 9.09. The molecule has 16 aromatic rings. The van der Waals surface area contributed by atoms with E-state index in [0.717, 1.165) is 211 Å². The lowest BCUT2D eigenvalue weighted by Gasteiger charge is -2.38. The predicted octanol–water partition coefficient (Wildman–Crippen LogP) is 22.8. The third-order valence-corrected chi connectivity index (χ3v) is 29.7. The van der Waals surface area contributed by atoms with Crippen molar-refractivity contribution in [2.45, 2.75) is 129 Å². The lowest BCUT2D eigenvalue weighted by Crippen LogP contribution is -2.32. The molecule has 8 aliphatic carbocycles. The Hall–Kier alpha value is -13.1. The van der Waals surface area contributed by atoms with Gasteiger partial charge in [-0.25, -0.2) is 36.3 Å². The second kappa shape index (κ2) is 32.1. The molecule has 4 N–H and O–H groups in total. The fourth-order valence-corrected chi connectivity index (χ4v) is 22.9. The summed E-state index contributed by atoms with van der Waals surface area (Å²) in [5, 5.41) is 69.7. The Labute approximate surface area is 732 Å². The molecular formula is C107H95F4N11O5. The van der Waals surface area contributed by atoms with Crippen molar-refractivity contribution >= 4 is 67.9 Å². The molecule has 24 rings (SSSR count). The van der Waals surface area contributed by atoms with Crippen LogP contribution < -0.4 is 0 Å². The molecule has 8 aromatic carbocycles. The Bertz CT molecular complexity index is 6550. The second-order valence-electron chi connectivity index (χ2n) is 36.7. The number of hydrogen-bond acceptors (Lipinski definition) is 12. The van der Waals surface area contributed by atoms with E-state index >= 15 is 0 Å². The monoisotopic (exact) mass is 1690 g/mol. The normalized spacial score (nSPS) is 23.1. The fraction of sp³-hybridized carbons (Fsp3) is 0.262. The van der Waals surface area contributed by atoms with Crippen molar-refractivity contribution in [3.05, 3.63) is 375 Å². The quantitative estimate of drug-likeness (QED) is 0.0844. The summed E-state index contributed by atoms with van der Waals surface area (Å²) >= 11 is 0. The van der Waals surface area contributed by atoms with Gasteiger partial charge in [-0.2, -0.15) is 20.4 Å². The summed E-state index contributed by atoms with van der Waals surface area (Å²) in [4.78, 5) is 13.5. The molecule has 0 amide bonds. The number of aliphatic hydroxyl groups is 4. The molecule has 0 spiro atoms. The third-order valence-electron chi connectivity index (χ3n) is 29.7. The van der Waals surface area contributed by atoms with E-state index in [1.807, 2.05) is 159 Å². The van der Waals surface area contributed by atoms with Crippen molar-refractivity contribution in [3.63, 3.8) is 0 Å². The lowest BCUT2D eigenvalue weighted by molar-refractivity contribution is 0.0558. The van der Waals surface area contributed by atoms with Gasteiger partial charge in [-0.15, -0.1) is 0 Å². The first-order valence-electron chi connectivity index (χ1n) is 44.0. The Morgan fingerprint density at radius 2 is 0.646 bits per heavy atom. The van der Waals surface area contributed by atoms with E-state index in [-0.39, 0.29) is 68.6 Å². The number of para-hydroxylation sites is 3. The van der Waals surface area contributed by atoms with Crippen molar-refractivity contribution in [2.75, 3.05) is 0 Å². The largest absolute Gasteiger partial charge is 0.464 e. The molecule has 636 valence electrons. The summed E-state index contributed by atoms with van der Waals surface area (Å²) in [6, 6.07) is 61.7. The number of aliphatic hydroxyl groups excluding tert-OH is 4. The standard InChI is InChI=1S/3C27H24FN3O.C26H23FN2O2/c2*1-27-15-18-16-30-31(21-10-8-20(28)9-11-21)24(18)14-19(27)7-12-23(27)26(32)22-6-2-4-17-5-3-13-29-25(17)22;1-27-13-18-15-30-31(21-9-7-20(28)8-10-21)25(18)12-19(27)6-11-24(27)26(32)23-16-29-14-17-4-2-3-5-22(17)23;1-26-13-16-14-28-29(19-9-7-18(27)8-10-19)23(16)12-17(26)6-11-22(26)25(30)21-15-31-24-5-3-2-4-20(21)24/h2*2-6,8-11,13-14,16,23,26,32H,7,12,15H2,1H3;2-5,7-10,12,14-16,24,26,32H,6,11,13H2,1H3;2-5,7-10,12,14-15,22,25,30H,6,11,13H2,1H3/t23-,26+,27+;23-,26-,27+;24-,26-,27+;22-,25+,26+/m1111/s1. The predicted molar refractivity (Wildman–Crippen MR) is 485 cm³/mol. The number of benzene rings is 8. The number of rotatable bonds is 12. The number of furan rings is 1. The minimum atomic E-state index is -0.590. The van der Waals surface area contributed by atoms with Crippen molar-refractivity contribution < 1.29 is 42.4 Å². The van der Waals surface area contributed by atoms with Crippen molar-refractivity contribution in [1.82, 2.24) is 54.1 Å². The van der Waals surface area contributed by atoms with E-state index in [0.29, 0.717) is 0 Å². The Kier molecular flexibility index (Phi) is 20.5. The van der Waals surface area contributed by atoms with E-state index in [4.69, 9.17) is 4.42 Å². The van der Waals surface area contributed by atoms with Crippen LogP contribution in [0.5, 0.6) is 0 Å². The van der Waals surface area contributed by atoms with Gasteiger partial charge in [-0.1, -0.05) is 141 Å². The topological polar surface area (TPSA) is 204 Å². The molecule has 0 radical (unpaired) electrons. The maximum atomic E-state index is 13.4. The van der Waals surface area contributed by atoms with Crippen molar-refractivity contribution in [3.8, 4) is 22.7 Å². The van der Waals surface area contributed by atoms with Crippen LogP contribution in [0.3, 0.4) is 0 Å². The number of fused-ring (bicyclic) bond motifs is 12. The summed E-state index contributed by atoms with van der Waals surface area (Å²) in [7, 11) is 0. The van der Waals surface area contributed by atoms with Crippen LogP contribution in [0.2, 0.25) is 0 Å². The van der Waals surface area contributed by atoms with Gasteiger partial charge in [0.15, 0.2) is 0 Å². The van der Waals surface area contributed by atoms with Gasteiger partial charge >= 0.3 is 0 Å². The summed E-state index contributed by atoms with van der Waals surface area (Å²) in [5.41, 5.74) is 23.3. The van der Waals surface area contributed by atoms with Gasteiger partial charge in [0.25, 0.3) is 0 Å². The smallest absolute Gasteiger partial charge is 0.134 e. The Morgan fingerprint density at radius 1 is 0.331 bits per heavy atom. The van der Waals surface area contributed by atoms with Gasteiger partial charge in [0.2, 0.25) is 0 Å². The highest BCUT2D eigenvalue weighted by Crippen LogP contribution is 2.62. The molecule has 127 heavy (non-hydrogen) atoms. The number of pyridine rings is 3. The first kappa shape index (κ1) is 81.0. The van der Waals surface area contributed by atoms with Crippen LogP contribution in [-0.2, 0) is 25.7 Å². The van der Waals surface area contributed by atoms with Gasteiger partial charge < -0.3 is 24.8 Å². The van der Waals surface area contributed by atoms with Crippen molar-refractivity contribution in [2.24, 2.45) is 45.3 Å². The Balaban J connectivity index is 0.000000103. The number of halogens is 4. The average molecular weight is 1690 g/mol. The summed E-state index contributed by atoms with van der Waals surface area (Å²) < 4.78 is 66.7. The average Bonchev–Trinajstić information content (AvgIpc) is 1.60. The molecule has 4 saturated carbocycles. The molecular weight excluding hydrogens is 1600 g/mol. The van der Waals surface area contributed by atoms with Gasteiger partial charge in [0, 0.05) is 68.6 Å². The van der Waals surface area contributed by atoms with Crippen LogP contribution in [0.15, 0.2) is 289 Å². The minimum Gasteiger partial charge on any atom is -0.464 e. The maximum absolute atomic E-state index is 13.4. The molecule has 0 aliphatic heterocycles. The van der Waals surface area contributed by atoms with E-state index < -0.39 is 24.4 Å². The molecule has 0 saturated heterocycles. The molecule has 4 fully saturated rings. The molecule has 8 heterocycles. The van der Waals surface area contributed by atoms with Gasteiger partial charge in [0.05, 0.1) is 112 Å². The van der Waals surface area contributed by atoms with Gasteiger partial charge in [0.1, 0.15) is 28.9 Å². The highest BCUT2D eigenvalue weighted by Gasteiger charge is 2.54. The molecule has 0 unspecified atom stereocenters. The zero-order chi connectivity index (χ0) is 86.8. The van der Waals surface area contributed by atoms with Crippen LogP contribution >= 0.6 is 0 Å². The van der Waals surface area contributed by atoms with Gasteiger partial charge in [-0.05, 0) is 290 Å². The maximum Gasteiger partial charge on any atom is 0.134 e. The Morgan fingerprint density at radius 3 is 1.02 bits per heavy atom. The van der Waals surface area contributed by atoms with Crippen LogP contribution in [0.25, 0.3) is 90.6 Å². The highest BCUT2D eigenvalue weighted by atomic mass is 19.1. The number of hydrogen-bond donors (Lipinski definition) is 4. The number of nitrogens with zero attached hydrogens (tertiary/aromatic N) is 11. The van der Waals surface area contributed by atoms with E-state index in [2.05, 4.69) is 93.4 Å². The van der Waals surface area contributed by atoms with Gasteiger partial charge in [-0.3, -0.25) is 15.0 Å². The molecule has 0 bridgehead atoms. The first-order chi connectivity index (χ1) is 61.7. The fourth-order valence-electron chi connectivity index (χ4n) is 22.9. The van der Waals surface area contributed by atoms with E-state index in [1.54, 1.807) is 67.2 Å². The molecule has 8 aromatic heterocycles. The second-order valence-corrected chi connectivity index (χ2v) is 36.7. The van der Waals surface area contributed by atoms with E-state index in [9.17, 15) is 38.0 Å². The molecule has 12 atom stereocenters. The third kappa shape index (κ3) is 14.1. The lowest BCUT2D eigenvalue weighted by atomic mass is 9.67. The van der Waals surface area contributed by atoms with Crippen LogP contribution in [-0.4, -0.2) is 74.5 Å². The molecule has 8 aliphatic rings. The van der Waals surface area contributed by atoms with Crippen molar-refractivity contribution in [1.29, 1.82) is 0 Å². The van der Waals surface area contributed by atoms with Crippen LogP contribution in [0.1, 0.15) is 171 Å². The number of aromatic nitrogens is 11. The first-order valence-corrected chi connectivity index (χ1v) is 44.0. The zero-order valence-electron chi connectivity index (χ0n) is 70.9. The minimum absolute atomic E-state index is 0.0991. The van der Waals surface area contributed by atoms with Crippen LogP contribution in [0, 0.1) is 68.6 Å². The number of allylic oxidation sites excluding steroid dienone is 4. The van der Waals surface area contributed by atoms with Crippen LogP contribution in [0.4, 0.5) is 17.6 Å². The SMILES string of the molecule is C[C@]12Cc3cnn(-c4ccc(F)cc4)c3C=C1CC[C@@H]2[C@@H](O)c1cccc2cccnc12.C[C@]12Cc3cnn(-c4ccc(F)cc4)c3C=C1CC[C@@H]2[C@@H](O)c1coc2ccccc12.C[C@]12Cc3cnn(-c4ccc(F)cc4)c3C=C1CC[C@@H]2[C@H](O)c1cccc2cccnc12.C[C@]12Cc3cnn(-c4ccc(F)cc4)c3C=C1CC[C@@H]2[C@H](O)c1cncc2ccccc12. The molecule has 16 nitrogen and oxygen atoms in total.